The third kappa shape index (κ3) is 6.88. The van der Waals surface area contributed by atoms with Gasteiger partial charge in [0.15, 0.2) is 0 Å². The molecular formula is C21H24F2N4O4. The van der Waals surface area contributed by atoms with Crippen LogP contribution in [0.2, 0.25) is 0 Å². The molecular weight excluding hydrogens is 410 g/mol. The van der Waals surface area contributed by atoms with Crippen LogP contribution in [-0.2, 0) is 11.2 Å². The van der Waals surface area contributed by atoms with Crippen molar-refractivity contribution in [2.24, 2.45) is 0 Å². The Morgan fingerprint density at radius 1 is 1.13 bits per heavy atom. The minimum absolute atomic E-state index is 0.0653. The van der Waals surface area contributed by atoms with Crippen molar-refractivity contribution < 1.29 is 23.2 Å². The molecule has 1 amide bonds. The Morgan fingerprint density at radius 3 is 2.48 bits per heavy atom. The number of nitro groups is 1. The van der Waals surface area contributed by atoms with Crippen LogP contribution in [0.15, 0.2) is 48.5 Å². The van der Waals surface area contributed by atoms with Gasteiger partial charge in [0.25, 0.3) is 5.69 Å². The molecule has 1 fully saturated rings. The zero-order valence-electron chi connectivity index (χ0n) is 16.9. The first-order valence-electron chi connectivity index (χ1n) is 9.93. The number of carbonyl (C=O) groups is 1. The lowest BCUT2D eigenvalue weighted by Crippen LogP contribution is -2.49. The summed E-state index contributed by atoms with van der Waals surface area (Å²) in [6.07, 6.45) is 0.585. The van der Waals surface area contributed by atoms with E-state index < -0.39 is 11.5 Å². The first kappa shape index (κ1) is 22.4. The minimum Gasteiger partial charge on any atom is -0.435 e. The Morgan fingerprint density at radius 2 is 1.84 bits per heavy atom. The van der Waals surface area contributed by atoms with Gasteiger partial charge < -0.3 is 15.0 Å². The lowest BCUT2D eigenvalue weighted by atomic mass is 10.1. The fraction of sp³-hybridized carbons (Fsp3) is 0.381. The van der Waals surface area contributed by atoms with Crippen molar-refractivity contribution in [2.45, 2.75) is 13.0 Å². The molecule has 10 heteroatoms. The molecule has 166 valence electrons. The number of benzene rings is 2. The number of alkyl halides is 2. The molecule has 0 bridgehead atoms. The van der Waals surface area contributed by atoms with Crippen molar-refractivity contribution >= 4 is 17.3 Å². The standard InChI is InChI=1S/C21H24F2N4O4/c22-21(23)31-19-6-4-16(5-7-19)8-9-24-20(28)15-25-10-12-26(13-11-25)17-2-1-3-18(14-17)27(29)30/h1-7,14,21H,8-13,15H2,(H,24,28). The topological polar surface area (TPSA) is 88.0 Å². The molecule has 31 heavy (non-hydrogen) atoms. The molecule has 3 rings (SSSR count). The van der Waals surface area contributed by atoms with Crippen LogP contribution in [0.25, 0.3) is 0 Å². The van der Waals surface area contributed by atoms with Gasteiger partial charge in [0.1, 0.15) is 5.75 Å². The maximum atomic E-state index is 12.2. The van der Waals surface area contributed by atoms with Crippen LogP contribution in [0.5, 0.6) is 5.75 Å². The van der Waals surface area contributed by atoms with Gasteiger partial charge in [-0.3, -0.25) is 19.8 Å². The molecule has 0 spiro atoms. The third-order valence-electron chi connectivity index (χ3n) is 5.03. The van der Waals surface area contributed by atoms with Gasteiger partial charge in [-0.05, 0) is 30.2 Å². The van der Waals surface area contributed by atoms with Crippen molar-refractivity contribution in [1.82, 2.24) is 10.2 Å². The number of anilines is 1. The molecule has 0 radical (unpaired) electrons. The molecule has 0 aliphatic carbocycles. The van der Waals surface area contributed by atoms with Gasteiger partial charge in [0, 0.05) is 50.5 Å². The first-order valence-corrected chi connectivity index (χ1v) is 9.93. The molecule has 1 aliphatic rings. The Hall–Kier alpha value is -3.27. The molecule has 2 aromatic carbocycles. The Labute approximate surface area is 178 Å². The number of non-ortho nitro benzene ring substituents is 1. The van der Waals surface area contributed by atoms with Crippen molar-refractivity contribution in [2.75, 3.05) is 44.2 Å². The zero-order valence-corrected chi connectivity index (χ0v) is 16.9. The number of nitrogens with one attached hydrogen (secondary N) is 1. The van der Waals surface area contributed by atoms with Gasteiger partial charge in [0.2, 0.25) is 5.91 Å². The number of rotatable bonds is 9. The Kier molecular flexibility index (Phi) is 7.71. The largest absolute Gasteiger partial charge is 0.435 e. The normalized spacial score (nSPS) is 14.5. The number of amides is 1. The molecule has 8 nitrogen and oxygen atoms in total. The van der Waals surface area contributed by atoms with Gasteiger partial charge in [-0.25, -0.2) is 0 Å². The van der Waals surface area contributed by atoms with Gasteiger partial charge >= 0.3 is 6.61 Å². The molecule has 0 aromatic heterocycles. The molecule has 1 heterocycles. The van der Waals surface area contributed by atoms with Crippen LogP contribution in [0, 0.1) is 10.1 Å². The molecule has 0 atom stereocenters. The number of nitro benzene ring substituents is 1. The lowest BCUT2D eigenvalue weighted by Gasteiger charge is -2.35. The summed E-state index contributed by atoms with van der Waals surface area (Å²) in [5, 5.41) is 13.8. The maximum absolute atomic E-state index is 12.2. The second-order valence-electron chi connectivity index (χ2n) is 7.16. The quantitative estimate of drug-likeness (QED) is 0.482. The Balaban J connectivity index is 1.37. The predicted molar refractivity (Wildman–Crippen MR) is 112 cm³/mol. The number of hydrogen-bond donors (Lipinski definition) is 1. The summed E-state index contributed by atoms with van der Waals surface area (Å²) in [7, 11) is 0. The monoisotopic (exact) mass is 434 g/mol. The predicted octanol–water partition coefficient (Wildman–Crippen LogP) is 2.68. The van der Waals surface area contributed by atoms with Crippen LogP contribution < -0.4 is 15.0 Å². The number of carbonyl (C=O) groups excluding carboxylic acids is 1. The van der Waals surface area contributed by atoms with E-state index in [0.717, 1.165) is 11.3 Å². The van der Waals surface area contributed by atoms with E-state index in [2.05, 4.69) is 15.0 Å². The van der Waals surface area contributed by atoms with Crippen LogP contribution in [0.1, 0.15) is 5.56 Å². The van der Waals surface area contributed by atoms with E-state index in [-0.39, 0.29) is 23.9 Å². The highest BCUT2D eigenvalue weighted by Crippen LogP contribution is 2.22. The average molecular weight is 434 g/mol. The van der Waals surface area contributed by atoms with Gasteiger partial charge in [-0.15, -0.1) is 0 Å². The van der Waals surface area contributed by atoms with Crippen molar-refractivity contribution in [1.29, 1.82) is 0 Å². The van der Waals surface area contributed by atoms with Crippen molar-refractivity contribution in [3.05, 3.63) is 64.2 Å². The Bertz CT molecular complexity index is 887. The highest BCUT2D eigenvalue weighted by Gasteiger charge is 2.20. The summed E-state index contributed by atoms with van der Waals surface area (Å²) in [6, 6.07) is 12.9. The zero-order chi connectivity index (χ0) is 22.2. The molecule has 0 unspecified atom stereocenters. The fourth-order valence-electron chi connectivity index (χ4n) is 3.41. The summed E-state index contributed by atoms with van der Waals surface area (Å²) in [5.74, 6) is 0.0217. The summed E-state index contributed by atoms with van der Waals surface area (Å²) < 4.78 is 28.6. The average Bonchev–Trinajstić information content (AvgIpc) is 2.75. The van der Waals surface area contributed by atoms with Gasteiger partial charge in [-0.2, -0.15) is 8.78 Å². The lowest BCUT2D eigenvalue weighted by molar-refractivity contribution is -0.384. The van der Waals surface area contributed by atoms with Gasteiger partial charge in [0.05, 0.1) is 11.5 Å². The van der Waals surface area contributed by atoms with E-state index in [0.29, 0.717) is 39.1 Å². The van der Waals surface area contributed by atoms with Crippen molar-refractivity contribution in [3.63, 3.8) is 0 Å². The van der Waals surface area contributed by atoms with Crippen molar-refractivity contribution in [3.8, 4) is 5.75 Å². The van der Waals surface area contributed by atoms with E-state index >= 15 is 0 Å². The maximum Gasteiger partial charge on any atom is 0.387 e. The van der Waals surface area contributed by atoms with Crippen LogP contribution >= 0.6 is 0 Å². The van der Waals surface area contributed by atoms with E-state index in [9.17, 15) is 23.7 Å². The smallest absolute Gasteiger partial charge is 0.387 e. The van der Waals surface area contributed by atoms with E-state index in [1.165, 1.54) is 18.2 Å². The first-order chi connectivity index (χ1) is 14.9. The van der Waals surface area contributed by atoms with Crippen LogP contribution in [-0.4, -0.2) is 61.6 Å². The molecule has 2 aromatic rings. The van der Waals surface area contributed by atoms with E-state index in [1.54, 1.807) is 24.3 Å². The highest BCUT2D eigenvalue weighted by molar-refractivity contribution is 5.78. The van der Waals surface area contributed by atoms with E-state index in [1.807, 2.05) is 11.0 Å². The second kappa shape index (κ2) is 10.7. The summed E-state index contributed by atoms with van der Waals surface area (Å²) >= 11 is 0. The number of hydrogen-bond acceptors (Lipinski definition) is 6. The van der Waals surface area contributed by atoms with Gasteiger partial charge in [-0.1, -0.05) is 18.2 Å². The summed E-state index contributed by atoms with van der Waals surface area (Å²) in [6.45, 7) is 0.607. The summed E-state index contributed by atoms with van der Waals surface area (Å²) in [4.78, 5) is 26.9. The minimum atomic E-state index is -2.85. The van der Waals surface area contributed by atoms with E-state index in [4.69, 9.17) is 0 Å². The molecule has 0 saturated carbocycles. The third-order valence-corrected chi connectivity index (χ3v) is 5.03. The molecule has 1 saturated heterocycles. The summed E-state index contributed by atoms with van der Waals surface area (Å²) in [5.41, 5.74) is 1.78. The van der Waals surface area contributed by atoms with Crippen LogP contribution in [0.3, 0.4) is 0 Å². The number of nitrogens with zero attached hydrogens (tertiary/aromatic N) is 3. The molecule has 1 aliphatic heterocycles. The SMILES string of the molecule is O=C(CN1CCN(c2cccc([N+](=O)[O-])c2)CC1)NCCc1ccc(OC(F)F)cc1. The molecule has 1 N–H and O–H groups in total. The second-order valence-corrected chi connectivity index (χ2v) is 7.16. The van der Waals surface area contributed by atoms with Crippen LogP contribution in [0.4, 0.5) is 20.2 Å². The highest BCUT2D eigenvalue weighted by atomic mass is 19.3. The number of piperazine rings is 1. The fourth-order valence-corrected chi connectivity index (χ4v) is 3.41. The number of ether oxygens (including phenoxy) is 1. The number of halogens is 2.